The molecule has 2 N–H and O–H groups in total. The van der Waals surface area contributed by atoms with E-state index < -0.39 is 5.60 Å². The van der Waals surface area contributed by atoms with Gasteiger partial charge in [-0.1, -0.05) is 0 Å². The van der Waals surface area contributed by atoms with E-state index in [0.717, 1.165) is 13.0 Å². The van der Waals surface area contributed by atoms with Crippen LogP contribution in [0.3, 0.4) is 0 Å². The van der Waals surface area contributed by atoms with Crippen molar-refractivity contribution in [3.63, 3.8) is 0 Å². The predicted octanol–water partition coefficient (Wildman–Crippen LogP) is 1.55. The van der Waals surface area contributed by atoms with Gasteiger partial charge in [-0.15, -0.1) is 0 Å². The standard InChI is InChI=1S/C11H25NO2/c1-9(7-8-14-6)12-10(2,3)11(4,5)13/h9,12-13H,7-8H2,1-6H3. The lowest BCUT2D eigenvalue weighted by molar-refractivity contribution is -0.0106. The molecule has 0 aromatic carbocycles. The molecular formula is C11H25NO2. The molecule has 0 amide bonds. The van der Waals surface area contributed by atoms with Crippen LogP contribution in [0, 0.1) is 0 Å². The number of nitrogens with one attached hydrogen (secondary N) is 1. The summed E-state index contributed by atoms with van der Waals surface area (Å²) >= 11 is 0. The van der Waals surface area contributed by atoms with Gasteiger partial charge >= 0.3 is 0 Å². The van der Waals surface area contributed by atoms with Gasteiger partial charge in [-0.25, -0.2) is 0 Å². The second-order valence-corrected chi connectivity index (χ2v) is 5.01. The Morgan fingerprint density at radius 3 is 2.14 bits per heavy atom. The van der Waals surface area contributed by atoms with Crippen LogP contribution in [0.5, 0.6) is 0 Å². The minimum atomic E-state index is -0.728. The molecule has 0 radical (unpaired) electrons. The van der Waals surface area contributed by atoms with Crippen LogP contribution in [0.25, 0.3) is 0 Å². The fourth-order valence-corrected chi connectivity index (χ4v) is 1.16. The number of hydrogen-bond acceptors (Lipinski definition) is 3. The second kappa shape index (κ2) is 5.10. The van der Waals surface area contributed by atoms with Gasteiger partial charge in [0.1, 0.15) is 0 Å². The minimum absolute atomic E-state index is 0.292. The van der Waals surface area contributed by atoms with E-state index in [0.29, 0.717) is 6.04 Å². The van der Waals surface area contributed by atoms with Crippen molar-refractivity contribution in [2.45, 2.75) is 58.2 Å². The van der Waals surface area contributed by atoms with Crippen molar-refractivity contribution in [1.29, 1.82) is 0 Å². The molecule has 0 fully saturated rings. The summed E-state index contributed by atoms with van der Waals surface area (Å²) in [7, 11) is 1.70. The molecule has 14 heavy (non-hydrogen) atoms. The first-order valence-corrected chi connectivity index (χ1v) is 5.19. The predicted molar refractivity (Wildman–Crippen MR) is 59.5 cm³/mol. The molecule has 0 heterocycles. The number of hydrogen-bond donors (Lipinski definition) is 2. The van der Waals surface area contributed by atoms with Crippen LogP contribution < -0.4 is 5.32 Å². The molecule has 1 unspecified atom stereocenters. The van der Waals surface area contributed by atoms with Gasteiger partial charge in [-0.3, -0.25) is 0 Å². The lowest BCUT2D eigenvalue weighted by atomic mass is 9.85. The normalized spacial score (nSPS) is 15.6. The Balaban J connectivity index is 4.08. The fourth-order valence-electron chi connectivity index (χ4n) is 1.16. The van der Waals surface area contributed by atoms with E-state index in [9.17, 15) is 5.11 Å². The topological polar surface area (TPSA) is 41.5 Å². The molecule has 0 spiro atoms. The minimum Gasteiger partial charge on any atom is -0.389 e. The van der Waals surface area contributed by atoms with Crippen LogP contribution in [0.1, 0.15) is 41.0 Å². The molecule has 0 aromatic heterocycles. The Bertz CT molecular complexity index is 161. The molecule has 3 nitrogen and oxygen atoms in total. The zero-order chi connectivity index (χ0) is 11.4. The molecule has 1 atom stereocenters. The zero-order valence-corrected chi connectivity index (χ0v) is 10.3. The van der Waals surface area contributed by atoms with Gasteiger partial charge in [-0.05, 0) is 41.0 Å². The van der Waals surface area contributed by atoms with Crippen LogP contribution in [-0.2, 0) is 4.74 Å². The molecule has 0 aliphatic heterocycles. The van der Waals surface area contributed by atoms with E-state index in [4.69, 9.17) is 4.74 Å². The van der Waals surface area contributed by atoms with Crippen molar-refractivity contribution in [1.82, 2.24) is 5.32 Å². The van der Waals surface area contributed by atoms with E-state index >= 15 is 0 Å². The van der Waals surface area contributed by atoms with Crippen LogP contribution in [0.15, 0.2) is 0 Å². The first-order chi connectivity index (χ1) is 6.20. The van der Waals surface area contributed by atoms with E-state index in [1.165, 1.54) is 0 Å². The Kier molecular flexibility index (Phi) is 5.06. The highest BCUT2D eigenvalue weighted by Crippen LogP contribution is 2.21. The van der Waals surface area contributed by atoms with Crippen molar-refractivity contribution in [3.8, 4) is 0 Å². The average molecular weight is 203 g/mol. The molecule has 3 heteroatoms. The summed E-state index contributed by atoms with van der Waals surface area (Å²) in [6, 6.07) is 0.344. The molecule has 0 aliphatic carbocycles. The van der Waals surface area contributed by atoms with Gasteiger partial charge in [-0.2, -0.15) is 0 Å². The summed E-state index contributed by atoms with van der Waals surface area (Å²) in [5, 5.41) is 13.3. The lowest BCUT2D eigenvalue weighted by Gasteiger charge is -2.40. The van der Waals surface area contributed by atoms with E-state index in [-0.39, 0.29) is 5.54 Å². The maximum Gasteiger partial charge on any atom is 0.0767 e. The summed E-state index contributed by atoms with van der Waals surface area (Å²) in [4.78, 5) is 0. The number of methoxy groups -OCH3 is 1. The number of rotatable bonds is 6. The third-order valence-electron chi connectivity index (χ3n) is 2.89. The largest absolute Gasteiger partial charge is 0.389 e. The molecule has 0 saturated carbocycles. The first-order valence-electron chi connectivity index (χ1n) is 5.19. The summed E-state index contributed by atoms with van der Waals surface area (Å²) < 4.78 is 5.01. The maximum atomic E-state index is 9.93. The maximum absolute atomic E-state index is 9.93. The van der Waals surface area contributed by atoms with Gasteiger partial charge in [0.25, 0.3) is 0 Å². The van der Waals surface area contributed by atoms with E-state index in [1.807, 2.05) is 27.7 Å². The van der Waals surface area contributed by atoms with Crippen molar-refractivity contribution in [3.05, 3.63) is 0 Å². The molecule has 0 aromatic rings. The molecule has 0 bridgehead atoms. The highest BCUT2D eigenvalue weighted by atomic mass is 16.5. The van der Waals surface area contributed by atoms with Gasteiger partial charge in [0.15, 0.2) is 0 Å². The van der Waals surface area contributed by atoms with Crippen molar-refractivity contribution < 1.29 is 9.84 Å². The van der Waals surface area contributed by atoms with E-state index in [1.54, 1.807) is 7.11 Å². The van der Waals surface area contributed by atoms with Crippen LogP contribution in [0.2, 0.25) is 0 Å². The molecular weight excluding hydrogens is 178 g/mol. The summed E-state index contributed by atoms with van der Waals surface area (Å²) in [6.07, 6.45) is 0.954. The summed E-state index contributed by atoms with van der Waals surface area (Å²) in [5.41, 5.74) is -1.02. The Morgan fingerprint density at radius 2 is 1.79 bits per heavy atom. The second-order valence-electron chi connectivity index (χ2n) is 5.01. The average Bonchev–Trinajstić information content (AvgIpc) is 1.97. The Hall–Kier alpha value is -0.120. The lowest BCUT2D eigenvalue weighted by Crippen LogP contribution is -2.58. The van der Waals surface area contributed by atoms with Crippen LogP contribution in [-0.4, -0.2) is 36.0 Å². The molecule has 0 aliphatic rings. The van der Waals surface area contributed by atoms with Crippen molar-refractivity contribution in [2.75, 3.05) is 13.7 Å². The number of aliphatic hydroxyl groups is 1. The SMILES string of the molecule is COCCC(C)NC(C)(C)C(C)(C)O. The van der Waals surface area contributed by atoms with Gasteiger partial charge in [0.05, 0.1) is 5.60 Å². The molecule has 86 valence electrons. The van der Waals surface area contributed by atoms with Crippen LogP contribution >= 0.6 is 0 Å². The summed E-state index contributed by atoms with van der Waals surface area (Å²) in [6.45, 7) is 10.5. The van der Waals surface area contributed by atoms with Crippen LogP contribution in [0.4, 0.5) is 0 Å². The first kappa shape index (κ1) is 13.9. The van der Waals surface area contributed by atoms with Crippen molar-refractivity contribution >= 4 is 0 Å². The smallest absolute Gasteiger partial charge is 0.0767 e. The fraction of sp³-hybridized carbons (Fsp3) is 1.00. The van der Waals surface area contributed by atoms with Gasteiger partial charge in [0, 0.05) is 25.3 Å². The zero-order valence-electron chi connectivity index (χ0n) is 10.3. The quantitative estimate of drug-likeness (QED) is 0.688. The van der Waals surface area contributed by atoms with Gasteiger partial charge < -0.3 is 15.2 Å². The third-order valence-corrected chi connectivity index (χ3v) is 2.89. The molecule has 0 saturated heterocycles. The number of ether oxygens (including phenoxy) is 1. The Morgan fingerprint density at radius 1 is 1.29 bits per heavy atom. The molecule has 0 rings (SSSR count). The third kappa shape index (κ3) is 4.40. The van der Waals surface area contributed by atoms with E-state index in [2.05, 4.69) is 12.2 Å². The Labute approximate surface area is 87.8 Å². The highest BCUT2D eigenvalue weighted by molar-refractivity contribution is 4.94. The highest BCUT2D eigenvalue weighted by Gasteiger charge is 2.35. The van der Waals surface area contributed by atoms with Gasteiger partial charge in [0.2, 0.25) is 0 Å². The van der Waals surface area contributed by atoms with Crippen molar-refractivity contribution in [2.24, 2.45) is 0 Å². The summed E-state index contributed by atoms with van der Waals surface area (Å²) in [5.74, 6) is 0. The monoisotopic (exact) mass is 203 g/mol.